The Labute approximate surface area is 222 Å². The number of aromatic nitrogens is 2. The number of carbonyl (C=O) groups excluding carboxylic acids is 5. The number of amides is 5. The first-order chi connectivity index (χ1) is 18.0. The predicted octanol–water partition coefficient (Wildman–Crippen LogP) is -4.39. The number of rotatable bonds is 14. The van der Waals surface area contributed by atoms with E-state index < -0.39 is 78.7 Å². The average Bonchev–Trinajstić information content (AvgIpc) is 3.56. The largest absolute Gasteiger partial charge is 0.480 e. The first kappa shape index (κ1) is 30.5. The van der Waals surface area contributed by atoms with E-state index in [1.54, 1.807) is 0 Å². The van der Waals surface area contributed by atoms with Crippen LogP contribution in [-0.4, -0.2) is 110 Å². The van der Waals surface area contributed by atoms with Crippen LogP contribution < -0.4 is 27.4 Å². The molecule has 0 spiro atoms. The molecule has 1 aliphatic heterocycles. The van der Waals surface area contributed by atoms with Crippen molar-refractivity contribution < 1.29 is 39.0 Å². The van der Waals surface area contributed by atoms with E-state index in [-0.39, 0.29) is 18.7 Å². The van der Waals surface area contributed by atoms with Gasteiger partial charge in [-0.2, -0.15) is 12.6 Å². The van der Waals surface area contributed by atoms with Gasteiger partial charge in [0.2, 0.25) is 29.5 Å². The van der Waals surface area contributed by atoms with Crippen molar-refractivity contribution in [2.45, 2.75) is 55.9 Å². The van der Waals surface area contributed by atoms with Gasteiger partial charge in [-0.25, -0.2) is 9.78 Å². The molecule has 1 saturated heterocycles. The number of carboxylic acid groups (broad SMARTS) is 1. The molecule has 0 aromatic carbocycles. The van der Waals surface area contributed by atoms with Gasteiger partial charge in [-0.15, -0.1) is 0 Å². The summed E-state index contributed by atoms with van der Waals surface area (Å²) in [6, 6.07) is -6.34. The summed E-state index contributed by atoms with van der Waals surface area (Å²) in [5.41, 5.74) is 11.7. The number of hydrogen-bond donors (Lipinski definition) is 9. The van der Waals surface area contributed by atoms with Crippen LogP contribution in [0.3, 0.4) is 0 Å². The number of aliphatic carboxylic acids is 1. The molecule has 2 heterocycles. The summed E-state index contributed by atoms with van der Waals surface area (Å²) in [6.45, 7) is -0.556. The summed E-state index contributed by atoms with van der Waals surface area (Å²) in [4.78, 5) is 81.3. The lowest BCUT2D eigenvalue weighted by atomic mass is 10.1. The highest BCUT2D eigenvalue weighted by Gasteiger charge is 2.38. The third-order valence-corrected chi connectivity index (χ3v) is 6.17. The van der Waals surface area contributed by atoms with Crippen molar-refractivity contribution in [3.05, 3.63) is 18.2 Å². The summed E-state index contributed by atoms with van der Waals surface area (Å²) < 4.78 is 0. The normalized spacial score (nSPS) is 18.1. The number of imidazole rings is 1. The summed E-state index contributed by atoms with van der Waals surface area (Å²) in [5, 5.41) is 25.6. The van der Waals surface area contributed by atoms with Crippen molar-refractivity contribution in [3.8, 4) is 0 Å². The van der Waals surface area contributed by atoms with Crippen molar-refractivity contribution in [3.63, 3.8) is 0 Å². The van der Waals surface area contributed by atoms with Crippen LogP contribution in [0.5, 0.6) is 0 Å². The van der Waals surface area contributed by atoms with Crippen molar-refractivity contribution in [1.82, 2.24) is 30.8 Å². The molecule has 0 bridgehead atoms. The molecule has 1 aliphatic rings. The SMILES string of the molecule is NC(=O)C[C@H](NC(=O)[C@H](CS)NC(=O)[C@H](CO)NC(=O)[C@@H]1CCCN1C(=O)[C@@H](N)Cc1cnc[nH]1)C(=O)O. The first-order valence-electron chi connectivity index (χ1n) is 11.7. The van der Waals surface area contributed by atoms with Gasteiger partial charge in [0.05, 0.1) is 25.4 Å². The lowest BCUT2D eigenvalue weighted by Gasteiger charge is -2.28. The van der Waals surface area contributed by atoms with E-state index in [0.717, 1.165) is 0 Å². The van der Waals surface area contributed by atoms with Crippen LogP contribution in [0.2, 0.25) is 0 Å². The maximum atomic E-state index is 12.9. The van der Waals surface area contributed by atoms with Crippen LogP contribution in [0.25, 0.3) is 0 Å². The summed E-state index contributed by atoms with van der Waals surface area (Å²) in [7, 11) is 0. The van der Waals surface area contributed by atoms with Crippen molar-refractivity contribution in [2.24, 2.45) is 11.5 Å². The number of aliphatic hydroxyl groups is 1. The zero-order valence-electron chi connectivity index (χ0n) is 20.3. The van der Waals surface area contributed by atoms with E-state index in [4.69, 9.17) is 16.6 Å². The fraction of sp³-hybridized carbons (Fsp3) is 0.571. The van der Waals surface area contributed by atoms with Crippen LogP contribution >= 0.6 is 12.6 Å². The number of aliphatic hydroxyl groups excluding tert-OH is 1. The quantitative estimate of drug-likeness (QED) is 0.0993. The number of nitrogens with one attached hydrogen (secondary N) is 4. The molecule has 0 radical (unpaired) electrons. The van der Waals surface area contributed by atoms with E-state index in [2.05, 4.69) is 38.5 Å². The monoisotopic (exact) mass is 556 g/mol. The number of carboxylic acids is 1. The summed E-state index contributed by atoms with van der Waals surface area (Å²) in [6.07, 6.45) is 3.32. The highest BCUT2D eigenvalue weighted by atomic mass is 32.1. The lowest BCUT2D eigenvalue weighted by molar-refractivity contribution is -0.143. The van der Waals surface area contributed by atoms with Crippen LogP contribution in [0.4, 0.5) is 0 Å². The Balaban J connectivity index is 1.99. The third kappa shape index (κ3) is 8.42. The van der Waals surface area contributed by atoms with Crippen LogP contribution in [0.15, 0.2) is 12.5 Å². The molecule has 5 amide bonds. The van der Waals surface area contributed by atoms with Gasteiger partial charge in [0.15, 0.2) is 0 Å². The highest BCUT2D eigenvalue weighted by molar-refractivity contribution is 7.80. The van der Waals surface area contributed by atoms with Gasteiger partial charge in [-0.1, -0.05) is 0 Å². The summed E-state index contributed by atoms with van der Waals surface area (Å²) in [5.74, 6) is -5.83. The van der Waals surface area contributed by atoms with Crippen LogP contribution in [0, 0.1) is 0 Å². The van der Waals surface area contributed by atoms with E-state index >= 15 is 0 Å². The van der Waals surface area contributed by atoms with Crippen LogP contribution in [-0.2, 0) is 35.2 Å². The average molecular weight is 557 g/mol. The van der Waals surface area contributed by atoms with E-state index in [1.165, 1.54) is 17.4 Å². The molecule has 2 rings (SSSR count). The number of H-pyrrole nitrogens is 1. The Morgan fingerprint density at radius 2 is 1.79 bits per heavy atom. The van der Waals surface area contributed by atoms with Crippen molar-refractivity contribution >= 4 is 48.1 Å². The maximum Gasteiger partial charge on any atom is 0.326 e. The Hall–Kier alpha value is -3.70. The van der Waals surface area contributed by atoms with Gasteiger partial charge in [0, 0.05) is 30.6 Å². The van der Waals surface area contributed by atoms with E-state index in [1.807, 2.05) is 0 Å². The number of carbonyl (C=O) groups is 6. The number of hydrogen-bond acceptors (Lipinski definition) is 10. The van der Waals surface area contributed by atoms with Crippen molar-refractivity contribution in [1.29, 1.82) is 0 Å². The maximum absolute atomic E-state index is 12.9. The summed E-state index contributed by atoms with van der Waals surface area (Å²) >= 11 is 3.97. The van der Waals surface area contributed by atoms with Gasteiger partial charge in [-0.3, -0.25) is 24.0 Å². The second kappa shape index (κ2) is 14.3. The van der Waals surface area contributed by atoms with Crippen LogP contribution in [0.1, 0.15) is 25.0 Å². The minimum Gasteiger partial charge on any atom is -0.480 e. The molecule has 1 fully saturated rings. The molecule has 38 heavy (non-hydrogen) atoms. The molecular formula is C21H32N8O8S. The lowest BCUT2D eigenvalue weighted by Crippen LogP contribution is -2.59. The number of nitrogens with two attached hydrogens (primary N) is 2. The first-order valence-corrected chi connectivity index (χ1v) is 12.3. The van der Waals surface area contributed by atoms with Gasteiger partial charge in [-0.05, 0) is 12.8 Å². The molecule has 1 aromatic rings. The Morgan fingerprint density at radius 3 is 2.34 bits per heavy atom. The highest BCUT2D eigenvalue weighted by Crippen LogP contribution is 2.19. The topological polar surface area (TPSA) is 263 Å². The van der Waals surface area contributed by atoms with Gasteiger partial charge < -0.3 is 47.5 Å². The third-order valence-electron chi connectivity index (χ3n) is 5.80. The molecular weight excluding hydrogens is 524 g/mol. The van der Waals surface area contributed by atoms with Gasteiger partial charge >= 0.3 is 5.97 Å². The second-order valence-corrected chi connectivity index (χ2v) is 9.00. The smallest absolute Gasteiger partial charge is 0.326 e. The molecule has 17 heteroatoms. The number of aromatic amines is 1. The standard InChI is InChI=1S/C21H32N8O8S/c22-11(4-10-6-24-9-25-10)20(35)29-3-1-2-15(29)19(34)27-13(7-30)17(32)28-14(8-38)18(33)26-12(21(36)37)5-16(23)31/h6,9,11-15,30,38H,1-5,7-8,22H2,(H2,23,31)(H,24,25)(H,26,33)(H,27,34)(H,28,32)(H,36,37)/t11-,12-,13-,14-,15-/m0/s1. The second-order valence-electron chi connectivity index (χ2n) is 8.63. The number of primary amides is 1. The molecule has 5 atom stereocenters. The molecule has 1 aromatic heterocycles. The Bertz CT molecular complexity index is 1020. The molecule has 0 unspecified atom stereocenters. The predicted molar refractivity (Wildman–Crippen MR) is 133 cm³/mol. The fourth-order valence-electron chi connectivity index (χ4n) is 3.84. The molecule has 210 valence electrons. The minimum absolute atomic E-state index is 0.181. The number of likely N-dealkylation sites (tertiary alicyclic amines) is 1. The van der Waals surface area contributed by atoms with E-state index in [0.29, 0.717) is 18.5 Å². The molecule has 10 N–H and O–H groups in total. The Kier molecular flexibility index (Phi) is 11.5. The number of thiol groups is 1. The minimum atomic E-state index is -1.63. The zero-order chi connectivity index (χ0) is 28.4. The Morgan fingerprint density at radius 1 is 1.13 bits per heavy atom. The number of nitrogens with zero attached hydrogens (tertiary/aromatic N) is 2. The van der Waals surface area contributed by atoms with E-state index in [9.17, 15) is 33.9 Å². The van der Waals surface area contributed by atoms with Gasteiger partial charge in [0.1, 0.15) is 24.2 Å². The van der Waals surface area contributed by atoms with Gasteiger partial charge in [0.25, 0.3) is 0 Å². The molecule has 16 nitrogen and oxygen atoms in total. The molecule has 0 aliphatic carbocycles. The molecule has 0 saturated carbocycles. The zero-order valence-corrected chi connectivity index (χ0v) is 21.2. The fourth-order valence-corrected chi connectivity index (χ4v) is 4.10. The van der Waals surface area contributed by atoms with Crippen molar-refractivity contribution in [2.75, 3.05) is 18.9 Å².